The number of hydrogen-bond acceptors (Lipinski definition) is 1. The Balaban J connectivity index is 1.48. The van der Waals surface area contributed by atoms with E-state index in [2.05, 4.69) is 6.92 Å². The van der Waals surface area contributed by atoms with Crippen molar-refractivity contribution in [3.63, 3.8) is 0 Å². The monoisotopic (exact) mass is 496 g/mol. The van der Waals surface area contributed by atoms with Crippen LogP contribution in [0.4, 0.5) is 13.2 Å². The van der Waals surface area contributed by atoms with Gasteiger partial charge in [0.15, 0.2) is 0 Å². The van der Waals surface area contributed by atoms with Crippen LogP contribution in [0.1, 0.15) is 43.7 Å². The molecule has 5 heteroatoms. The van der Waals surface area contributed by atoms with Crippen LogP contribution in [0.2, 0.25) is 5.02 Å². The van der Waals surface area contributed by atoms with E-state index < -0.39 is 5.82 Å². The predicted octanol–water partition coefficient (Wildman–Crippen LogP) is 9.32. The van der Waals surface area contributed by atoms with Gasteiger partial charge in [-0.15, -0.1) is 0 Å². The second-order valence-corrected chi connectivity index (χ2v) is 9.18. The molecule has 4 aromatic rings. The van der Waals surface area contributed by atoms with Crippen LogP contribution in [-0.4, -0.2) is 6.61 Å². The molecule has 182 valence electrons. The first-order valence-corrected chi connectivity index (χ1v) is 12.4. The van der Waals surface area contributed by atoms with Crippen molar-refractivity contribution >= 4 is 22.4 Å². The van der Waals surface area contributed by atoms with Gasteiger partial charge in [-0.2, -0.15) is 0 Å². The maximum atomic E-state index is 15.2. The molecular formula is C30H28ClF3O. The lowest BCUT2D eigenvalue weighted by molar-refractivity contribution is 0.303. The van der Waals surface area contributed by atoms with Gasteiger partial charge in [0.1, 0.15) is 23.2 Å². The fourth-order valence-corrected chi connectivity index (χ4v) is 4.33. The Morgan fingerprint density at radius 3 is 2.40 bits per heavy atom. The van der Waals surface area contributed by atoms with E-state index in [9.17, 15) is 8.78 Å². The molecular weight excluding hydrogens is 469 g/mol. The van der Waals surface area contributed by atoms with Crippen molar-refractivity contribution in [1.82, 2.24) is 0 Å². The van der Waals surface area contributed by atoms with E-state index >= 15 is 4.39 Å². The minimum absolute atomic E-state index is 0.0717. The van der Waals surface area contributed by atoms with Crippen molar-refractivity contribution < 1.29 is 17.9 Å². The summed E-state index contributed by atoms with van der Waals surface area (Å²) in [5, 5.41) is 1.24. The first-order valence-electron chi connectivity index (χ1n) is 12.0. The highest BCUT2D eigenvalue weighted by molar-refractivity contribution is 6.30. The fourth-order valence-electron chi connectivity index (χ4n) is 4.21. The molecule has 1 nitrogen and oxygen atoms in total. The number of fused-ring (bicyclic) bond motifs is 1. The van der Waals surface area contributed by atoms with Gasteiger partial charge in [-0.3, -0.25) is 0 Å². The van der Waals surface area contributed by atoms with Crippen LogP contribution >= 0.6 is 11.6 Å². The smallest absolute Gasteiger partial charge is 0.142 e. The molecule has 0 N–H and O–H groups in total. The third-order valence-electron chi connectivity index (χ3n) is 6.22. The van der Waals surface area contributed by atoms with Gasteiger partial charge in [0, 0.05) is 17.0 Å². The Morgan fingerprint density at radius 1 is 0.771 bits per heavy atom. The number of unbranched alkanes of at least 4 members (excludes halogenated alkanes) is 3. The van der Waals surface area contributed by atoms with Crippen LogP contribution in [0.3, 0.4) is 0 Å². The lowest BCUT2D eigenvalue weighted by Gasteiger charge is -2.11. The Bertz CT molecular complexity index is 1320. The van der Waals surface area contributed by atoms with Crippen molar-refractivity contribution in [3.05, 3.63) is 100 Å². The van der Waals surface area contributed by atoms with Gasteiger partial charge in [-0.05, 0) is 71.7 Å². The lowest BCUT2D eigenvalue weighted by Crippen LogP contribution is -1.98. The van der Waals surface area contributed by atoms with E-state index in [1.54, 1.807) is 42.5 Å². The standard InChI is InChI=1S/C30H28ClF3O/c1-2-3-4-5-16-35-24-12-14-25(28(32)19-24)22-11-13-26-23(18-22)10-9-21(30(26)34)8-6-20-7-15-27(31)29(33)17-20/h7,9-15,17-19H,2-6,8,16H2,1H3. The molecule has 0 aliphatic rings. The van der Waals surface area contributed by atoms with Crippen molar-refractivity contribution in [2.24, 2.45) is 0 Å². The van der Waals surface area contributed by atoms with Crippen LogP contribution in [-0.2, 0) is 12.8 Å². The number of ether oxygens (including phenoxy) is 1. The average Bonchev–Trinajstić information content (AvgIpc) is 2.85. The maximum absolute atomic E-state index is 15.2. The zero-order valence-corrected chi connectivity index (χ0v) is 20.5. The van der Waals surface area contributed by atoms with Crippen LogP contribution in [0, 0.1) is 17.5 Å². The number of aryl methyl sites for hydroxylation is 2. The molecule has 0 aliphatic heterocycles. The van der Waals surface area contributed by atoms with E-state index in [-0.39, 0.29) is 16.7 Å². The molecule has 0 aromatic heterocycles. The van der Waals surface area contributed by atoms with Gasteiger partial charge >= 0.3 is 0 Å². The van der Waals surface area contributed by atoms with Crippen molar-refractivity contribution in [2.75, 3.05) is 6.61 Å². The van der Waals surface area contributed by atoms with Gasteiger partial charge in [-0.1, -0.05) is 68.1 Å². The Kier molecular flexibility index (Phi) is 8.35. The summed E-state index contributed by atoms with van der Waals surface area (Å²) >= 11 is 5.73. The number of benzene rings is 4. The summed E-state index contributed by atoms with van der Waals surface area (Å²) in [4.78, 5) is 0. The van der Waals surface area contributed by atoms with Crippen molar-refractivity contribution in [2.45, 2.75) is 45.4 Å². The van der Waals surface area contributed by atoms with Crippen LogP contribution in [0.15, 0.2) is 66.7 Å². The number of hydrogen-bond donors (Lipinski definition) is 0. The topological polar surface area (TPSA) is 9.23 Å². The molecule has 4 rings (SSSR count). The maximum Gasteiger partial charge on any atom is 0.142 e. The van der Waals surface area contributed by atoms with E-state index in [1.807, 2.05) is 6.07 Å². The molecule has 0 radical (unpaired) electrons. The first-order chi connectivity index (χ1) is 17.0. The minimum Gasteiger partial charge on any atom is -0.493 e. The Hall–Kier alpha value is -2.98. The zero-order chi connectivity index (χ0) is 24.8. The highest BCUT2D eigenvalue weighted by Crippen LogP contribution is 2.31. The Labute approximate surface area is 209 Å². The lowest BCUT2D eigenvalue weighted by atomic mass is 9.97. The zero-order valence-electron chi connectivity index (χ0n) is 19.7. The van der Waals surface area contributed by atoms with Gasteiger partial charge in [0.2, 0.25) is 0 Å². The third kappa shape index (κ3) is 6.18. The molecule has 35 heavy (non-hydrogen) atoms. The molecule has 0 fully saturated rings. The van der Waals surface area contributed by atoms with Gasteiger partial charge in [0.05, 0.1) is 11.6 Å². The predicted molar refractivity (Wildman–Crippen MR) is 138 cm³/mol. The van der Waals surface area contributed by atoms with E-state index in [0.29, 0.717) is 52.7 Å². The fraction of sp³-hybridized carbons (Fsp3) is 0.267. The quantitative estimate of drug-likeness (QED) is 0.199. The minimum atomic E-state index is -0.477. The van der Waals surface area contributed by atoms with E-state index in [0.717, 1.165) is 24.8 Å². The molecule has 0 bridgehead atoms. The summed E-state index contributed by atoms with van der Waals surface area (Å²) < 4.78 is 49.4. The normalized spacial score (nSPS) is 11.2. The molecule has 0 atom stereocenters. The summed E-state index contributed by atoms with van der Waals surface area (Å²) in [6, 6.07) is 18.3. The van der Waals surface area contributed by atoms with Crippen molar-refractivity contribution in [3.8, 4) is 16.9 Å². The summed E-state index contributed by atoms with van der Waals surface area (Å²) in [5.74, 6) is -0.646. The Morgan fingerprint density at radius 2 is 1.63 bits per heavy atom. The van der Waals surface area contributed by atoms with E-state index in [4.69, 9.17) is 16.3 Å². The van der Waals surface area contributed by atoms with E-state index in [1.165, 1.54) is 24.6 Å². The van der Waals surface area contributed by atoms with Gasteiger partial charge in [-0.25, -0.2) is 13.2 Å². The second-order valence-electron chi connectivity index (χ2n) is 8.77. The molecule has 0 heterocycles. The van der Waals surface area contributed by atoms with Gasteiger partial charge in [0.25, 0.3) is 0 Å². The van der Waals surface area contributed by atoms with Crippen molar-refractivity contribution in [1.29, 1.82) is 0 Å². The summed E-state index contributed by atoms with van der Waals surface area (Å²) in [7, 11) is 0. The summed E-state index contributed by atoms with van der Waals surface area (Å²) in [5.41, 5.74) is 2.42. The number of rotatable bonds is 10. The van der Waals surface area contributed by atoms with Crippen LogP contribution in [0.5, 0.6) is 5.75 Å². The molecule has 0 unspecified atom stereocenters. The molecule has 0 spiro atoms. The highest BCUT2D eigenvalue weighted by Gasteiger charge is 2.12. The SMILES string of the molecule is CCCCCCOc1ccc(-c2ccc3c(F)c(CCc4ccc(Cl)c(F)c4)ccc3c2)c(F)c1. The summed E-state index contributed by atoms with van der Waals surface area (Å²) in [6.07, 6.45) is 5.30. The molecule has 0 amide bonds. The molecule has 0 aliphatic carbocycles. The van der Waals surface area contributed by atoms with Gasteiger partial charge < -0.3 is 4.74 Å². The van der Waals surface area contributed by atoms with Crippen LogP contribution < -0.4 is 4.74 Å². The average molecular weight is 497 g/mol. The molecule has 0 saturated heterocycles. The number of halogens is 4. The molecule has 0 saturated carbocycles. The largest absolute Gasteiger partial charge is 0.493 e. The van der Waals surface area contributed by atoms with Crippen LogP contribution in [0.25, 0.3) is 21.9 Å². The highest BCUT2D eigenvalue weighted by atomic mass is 35.5. The second kappa shape index (κ2) is 11.6. The third-order valence-corrected chi connectivity index (χ3v) is 6.53. The molecule has 4 aromatic carbocycles. The summed E-state index contributed by atoms with van der Waals surface area (Å²) in [6.45, 7) is 2.73. The first kappa shape index (κ1) is 25.1.